The van der Waals surface area contributed by atoms with Crippen LogP contribution in [0.1, 0.15) is 36.7 Å². The molecule has 1 aliphatic heterocycles. The van der Waals surface area contributed by atoms with E-state index in [2.05, 4.69) is 0 Å². The topological polar surface area (TPSA) is 66.8 Å². The Labute approximate surface area is 99.2 Å². The van der Waals surface area contributed by atoms with Crippen molar-refractivity contribution >= 4 is 11.5 Å². The van der Waals surface area contributed by atoms with Gasteiger partial charge in [-0.25, -0.2) is 0 Å². The zero-order valence-electron chi connectivity index (χ0n) is 9.94. The van der Waals surface area contributed by atoms with Gasteiger partial charge in [0.1, 0.15) is 5.75 Å². The molecule has 4 heteroatoms. The summed E-state index contributed by atoms with van der Waals surface area (Å²) >= 11 is 0. The summed E-state index contributed by atoms with van der Waals surface area (Å²) in [4.78, 5) is 11.2. The molecular formula is C13H14O4. The zero-order valence-corrected chi connectivity index (χ0v) is 9.94. The summed E-state index contributed by atoms with van der Waals surface area (Å²) in [5.74, 6) is -0.120. The predicted octanol–water partition coefficient (Wildman–Crippen LogP) is 2.84. The molecule has 4 nitrogen and oxygen atoms in total. The van der Waals surface area contributed by atoms with E-state index >= 15 is 0 Å². The first-order valence-electron chi connectivity index (χ1n) is 5.30. The average molecular weight is 234 g/mol. The van der Waals surface area contributed by atoms with Crippen molar-refractivity contribution < 1.29 is 19.7 Å². The van der Waals surface area contributed by atoms with Crippen LogP contribution in [-0.2, 0) is 0 Å². The average Bonchev–Trinajstić information content (AvgIpc) is 2.25. The number of rotatable bonds is 1. The van der Waals surface area contributed by atoms with Gasteiger partial charge in [0.15, 0.2) is 22.9 Å². The molecule has 17 heavy (non-hydrogen) atoms. The number of carbonyl (C=O) groups excluding carboxylic acids is 1. The van der Waals surface area contributed by atoms with Crippen LogP contribution in [0, 0.1) is 0 Å². The summed E-state index contributed by atoms with van der Waals surface area (Å²) in [6.07, 6.45) is 0. The number of aliphatic hydroxyl groups excluding tert-OH is 2. The van der Waals surface area contributed by atoms with Crippen molar-refractivity contribution in [3.05, 3.63) is 35.1 Å². The van der Waals surface area contributed by atoms with E-state index in [-0.39, 0.29) is 17.3 Å². The van der Waals surface area contributed by atoms with Gasteiger partial charge < -0.3 is 14.9 Å². The molecule has 1 heterocycles. The Balaban J connectivity index is 2.62. The summed E-state index contributed by atoms with van der Waals surface area (Å²) in [5, 5.41) is 19.7. The molecule has 0 aromatic heterocycles. The summed E-state index contributed by atoms with van der Waals surface area (Å²) in [5.41, 5.74) is -0.157. The standard InChI is InChI=1S/C13H14O4/c1-7(14)8-4-5-10-9(6-8)11(15)12(16)13(2,3)17-10/h4-6,15-16H,1-3H3. The fourth-order valence-electron chi connectivity index (χ4n) is 1.76. The smallest absolute Gasteiger partial charge is 0.178 e. The molecule has 0 atom stereocenters. The third-order valence-corrected chi connectivity index (χ3v) is 2.80. The molecule has 90 valence electrons. The summed E-state index contributed by atoms with van der Waals surface area (Å²) in [6, 6.07) is 4.77. The van der Waals surface area contributed by atoms with Gasteiger partial charge in [-0.15, -0.1) is 0 Å². The Morgan fingerprint density at radius 3 is 2.53 bits per heavy atom. The van der Waals surface area contributed by atoms with Gasteiger partial charge >= 0.3 is 0 Å². The molecule has 0 bridgehead atoms. The third kappa shape index (κ3) is 1.75. The quantitative estimate of drug-likeness (QED) is 0.733. The Kier molecular flexibility index (Phi) is 2.38. The van der Waals surface area contributed by atoms with Crippen LogP contribution in [0.15, 0.2) is 24.0 Å². The molecule has 0 amide bonds. The Morgan fingerprint density at radius 1 is 1.29 bits per heavy atom. The molecule has 1 aromatic rings. The van der Waals surface area contributed by atoms with Crippen molar-refractivity contribution in [2.24, 2.45) is 0 Å². The maximum atomic E-state index is 11.2. The highest BCUT2D eigenvalue weighted by Crippen LogP contribution is 2.38. The van der Waals surface area contributed by atoms with Crippen LogP contribution in [0.25, 0.3) is 5.76 Å². The van der Waals surface area contributed by atoms with Crippen molar-refractivity contribution in [3.63, 3.8) is 0 Å². The molecule has 0 fully saturated rings. The van der Waals surface area contributed by atoms with Crippen LogP contribution in [-0.4, -0.2) is 21.6 Å². The number of hydrogen-bond donors (Lipinski definition) is 2. The number of ether oxygens (including phenoxy) is 1. The van der Waals surface area contributed by atoms with Crippen LogP contribution >= 0.6 is 0 Å². The molecule has 0 unspecified atom stereocenters. The molecule has 1 aliphatic rings. The molecule has 1 aromatic carbocycles. The SMILES string of the molecule is CC(=O)c1ccc2c(c1)C(O)=C(O)C(C)(C)O2. The second-order valence-corrected chi connectivity index (χ2v) is 4.58. The number of carbonyl (C=O) groups is 1. The first kappa shape index (κ1) is 11.5. The second kappa shape index (κ2) is 3.52. The van der Waals surface area contributed by atoms with Crippen molar-refractivity contribution in [1.82, 2.24) is 0 Å². The number of benzene rings is 1. The molecule has 2 N–H and O–H groups in total. The van der Waals surface area contributed by atoms with E-state index in [1.54, 1.807) is 26.0 Å². The lowest BCUT2D eigenvalue weighted by molar-refractivity contribution is 0.0858. The van der Waals surface area contributed by atoms with Gasteiger partial charge in [0.2, 0.25) is 0 Å². The lowest BCUT2D eigenvalue weighted by Crippen LogP contribution is -2.34. The lowest BCUT2D eigenvalue weighted by atomic mass is 9.96. The number of ketones is 1. The normalized spacial score (nSPS) is 17.4. The van der Waals surface area contributed by atoms with Gasteiger partial charge in [0.05, 0.1) is 5.56 Å². The first-order chi connectivity index (χ1) is 7.83. The maximum Gasteiger partial charge on any atom is 0.178 e. The minimum Gasteiger partial charge on any atom is -0.505 e. The number of Topliss-reactive ketones (excluding diaryl/α,β-unsaturated/α-hetero) is 1. The highest BCUT2D eigenvalue weighted by molar-refractivity contribution is 5.95. The summed E-state index contributed by atoms with van der Waals surface area (Å²) < 4.78 is 5.56. The number of aliphatic hydroxyl groups is 2. The van der Waals surface area contributed by atoms with E-state index in [1.165, 1.54) is 13.0 Å². The van der Waals surface area contributed by atoms with E-state index in [9.17, 15) is 15.0 Å². The fraction of sp³-hybridized carbons (Fsp3) is 0.308. The Bertz CT molecular complexity index is 526. The van der Waals surface area contributed by atoms with E-state index < -0.39 is 5.60 Å². The van der Waals surface area contributed by atoms with E-state index in [1.807, 2.05) is 0 Å². The summed E-state index contributed by atoms with van der Waals surface area (Å²) in [7, 11) is 0. The van der Waals surface area contributed by atoms with Crippen LogP contribution in [0.2, 0.25) is 0 Å². The van der Waals surface area contributed by atoms with E-state index in [0.29, 0.717) is 16.9 Å². The number of hydrogen-bond acceptors (Lipinski definition) is 4. The van der Waals surface area contributed by atoms with Crippen molar-refractivity contribution in [2.45, 2.75) is 26.4 Å². The minimum atomic E-state index is -0.963. The van der Waals surface area contributed by atoms with Crippen LogP contribution in [0.5, 0.6) is 5.75 Å². The zero-order chi connectivity index (χ0) is 12.8. The second-order valence-electron chi connectivity index (χ2n) is 4.58. The van der Waals surface area contributed by atoms with E-state index in [0.717, 1.165) is 0 Å². The lowest BCUT2D eigenvalue weighted by Gasteiger charge is -2.31. The van der Waals surface area contributed by atoms with Crippen molar-refractivity contribution in [2.75, 3.05) is 0 Å². The van der Waals surface area contributed by atoms with Gasteiger partial charge in [-0.3, -0.25) is 4.79 Å². The van der Waals surface area contributed by atoms with Gasteiger partial charge in [0, 0.05) is 5.56 Å². The van der Waals surface area contributed by atoms with Gasteiger partial charge in [-0.2, -0.15) is 0 Å². The highest BCUT2D eigenvalue weighted by Gasteiger charge is 2.35. The molecule has 2 rings (SSSR count). The first-order valence-corrected chi connectivity index (χ1v) is 5.30. The number of fused-ring (bicyclic) bond motifs is 1. The molecule has 0 spiro atoms. The molecule has 0 saturated heterocycles. The van der Waals surface area contributed by atoms with Gasteiger partial charge in [-0.05, 0) is 39.0 Å². The van der Waals surface area contributed by atoms with Crippen LogP contribution in [0.3, 0.4) is 0 Å². The van der Waals surface area contributed by atoms with Gasteiger partial charge in [0.25, 0.3) is 0 Å². The highest BCUT2D eigenvalue weighted by atomic mass is 16.5. The van der Waals surface area contributed by atoms with E-state index in [4.69, 9.17) is 4.74 Å². The molecule has 0 radical (unpaired) electrons. The monoisotopic (exact) mass is 234 g/mol. The van der Waals surface area contributed by atoms with Crippen LogP contribution < -0.4 is 4.74 Å². The van der Waals surface area contributed by atoms with Crippen molar-refractivity contribution in [3.8, 4) is 5.75 Å². The third-order valence-electron chi connectivity index (χ3n) is 2.80. The largest absolute Gasteiger partial charge is 0.505 e. The molecule has 0 saturated carbocycles. The summed E-state index contributed by atoms with van der Waals surface area (Å²) in [6.45, 7) is 4.75. The Morgan fingerprint density at radius 2 is 1.94 bits per heavy atom. The Hall–Kier alpha value is -1.97. The van der Waals surface area contributed by atoms with Crippen LogP contribution in [0.4, 0.5) is 0 Å². The molecule has 0 aliphatic carbocycles. The van der Waals surface area contributed by atoms with Crippen molar-refractivity contribution in [1.29, 1.82) is 0 Å². The predicted molar refractivity (Wildman–Crippen MR) is 63.3 cm³/mol. The molecular weight excluding hydrogens is 220 g/mol. The maximum absolute atomic E-state index is 11.2. The van der Waals surface area contributed by atoms with Gasteiger partial charge in [-0.1, -0.05) is 0 Å². The fourth-order valence-corrected chi connectivity index (χ4v) is 1.76. The minimum absolute atomic E-state index is 0.107.